The number of rotatable bonds is 3. The van der Waals surface area contributed by atoms with Crippen molar-refractivity contribution >= 4 is 31.5 Å². The molecule has 0 aliphatic heterocycles. The molecule has 1 aliphatic carbocycles. The van der Waals surface area contributed by atoms with Crippen LogP contribution in [-0.2, 0) is 0 Å². The number of thiophene rings is 1. The molecule has 1 unspecified atom stereocenters. The first-order valence-electron chi connectivity index (χ1n) is 13.0. The molecule has 0 amide bonds. The summed E-state index contributed by atoms with van der Waals surface area (Å²) in [6.07, 6.45) is 0. The molecule has 0 saturated carbocycles. The molecule has 0 N–H and O–H groups in total. The Balaban J connectivity index is 1.41. The predicted octanol–water partition coefficient (Wildman–Crippen LogP) is 9.94. The van der Waals surface area contributed by atoms with E-state index in [4.69, 9.17) is 4.98 Å². The van der Waals surface area contributed by atoms with Gasteiger partial charge in [-0.3, -0.25) is 0 Å². The quantitative estimate of drug-likeness (QED) is 0.235. The molecule has 5 aromatic carbocycles. The molecule has 7 aromatic rings. The normalized spacial score (nSPS) is 14.1. The van der Waals surface area contributed by atoms with Crippen molar-refractivity contribution in [3.05, 3.63) is 150 Å². The van der Waals surface area contributed by atoms with Gasteiger partial charge in [0, 0.05) is 37.2 Å². The minimum Gasteiger partial charge on any atom is -0.248 e. The predicted molar refractivity (Wildman–Crippen MR) is 161 cm³/mol. The van der Waals surface area contributed by atoms with E-state index in [1.807, 2.05) is 11.3 Å². The first-order chi connectivity index (χ1) is 18.8. The number of hydrogen-bond donors (Lipinski definition) is 0. The Labute approximate surface area is 225 Å². The molecule has 2 aromatic heterocycles. The molecule has 0 radical (unpaired) electrons. The van der Waals surface area contributed by atoms with Crippen LogP contribution in [0, 0.1) is 0 Å². The van der Waals surface area contributed by atoms with E-state index in [0.29, 0.717) is 0 Å². The molecule has 0 bridgehead atoms. The second-order valence-corrected chi connectivity index (χ2v) is 11.0. The van der Waals surface area contributed by atoms with Crippen molar-refractivity contribution in [3.8, 4) is 33.6 Å². The smallest absolute Gasteiger partial charge is 0.0712 e. The van der Waals surface area contributed by atoms with Crippen molar-refractivity contribution in [2.24, 2.45) is 0 Å². The van der Waals surface area contributed by atoms with E-state index in [9.17, 15) is 0 Å². The molecule has 1 nitrogen and oxygen atoms in total. The average molecular weight is 502 g/mol. The second-order valence-electron chi connectivity index (χ2n) is 9.96. The zero-order valence-electron chi connectivity index (χ0n) is 20.6. The van der Waals surface area contributed by atoms with Gasteiger partial charge in [0.25, 0.3) is 0 Å². The van der Waals surface area contributed by atoms with Crippen molar-refractivity contribution in [3.63, 3.8) is 0 Å². The van der Waals surface area contributed by atoms with E-state index in [2.05, 4.69) is 133 Å². The molecule has 1 aliphatic rings. The maximum Gasteiger partial charge on any atom is 0.0712 e. The van der Waals surface area contributed by atoms with E-state index in [-0.39, 0.29) is 5.92 Å². The van der Waals surface area contributed by atoms with Gasteiger partial charge >= 0.3 is 0 Å². The van der Waals surface area contributed by atoms with E-state index in [1.165, 1.54) is 48.0 Å². The van der Waals surface area contributed by atoms with Crippen molar-refractivity contribution in [1.82, 2.24) is 4.98 Å². The summed E-state index contributed by atoms with van der Waals surface area (Å²) in [6.45, 7) is 0. The molecule has 0 saturated heterocycles. The van der Waals surface area contributed by atoms with Gasteiger partial charge in [0.2, 0.25) is 0 Å². The monoisotopic (exact) mass is 501 g/mol. The summed E-state index contributed by atoms with van der Waals surface area (Å²) >= 11 is 1.89. The number of pyridine rings is 1. The summed E-state index contributed by atoms with van der Waals surface area (Å²) in [5, 5.41) is 2.69. The third kappa shape index (κ3) is 3.34. The van der Waals surface area contributed by atoms with Crippen LogP contribution in [0.15, 0.2) is 133 Å². The molecule has 1 atom stereocenters. The Morgan fingerprint density at radius 1 is 0.474 bits per heavy atom. The Kier molecular flexibility index (Phi) is 4.83. The van der Waals surface area contributed by atoms with Crippen LogP contribution in [-0.4, -0.2) is 4.98 Å². The molecule has 8 rings (SSSR count). The maximum atomic E-state index is 5.14. The van der Waals surface area contributed by atoms with Crippen LogP contribution in [0.2, 0.25) is 0 Å². The number of fused-ring (bicyclic) bond motifs is 6. The average Bonchev–Trinajstić information content (AvgIpc) is 3.51. The highest BCUT2D eigenvalue weighted by Gasteiger charge is 2.31. The van der Waals surface area contributed by atoms with Gasteiger partial charge in [0.1, 0.15) is 0 Å². The van der Waals surface area contributed by atoms with Crippen LogP contribution in [0.25, 0.3) is 53.8 Å². The molecule has 2 heterocycles. The Bertz CT molecular complexity index is 1910. The Morgan fingerprint density at radius 3 is 1.84 bits per heavy atom. The third-order valence-electron chi connectivity index (χ3n) is 7.74. The zero-order chi connectivity index (χ0) is 25.1. The minimum atomic E-state index is 0.150. The van der Waals surface area contributed by atoms with Crippen LogP contribution >= 0.6 is 11.3 Å². The molecule has 38 heavy (non-hydrogen) atoms. The first kappa shape index (κ1) is 21.5. The molecule has 0 fully saturated rings. The first-order valence-corrected chi connectivity index (χ1v) is 13.8. The highest BCUT2D eigenvalue weighted by Crippen LogP contribution is 2.51. The Morgan fingerprint density at radius 2 is 1.11 bits per heavy atom. The van der Waals surface area contributed by atoms with Gasteiger partial charge in [0.15, 0.2) is 0 Å². The molecular formula is C36H23NS. The summed E-state index contributed by atoms with van der Waals surface area (Å²) in [4.78, 5) is 5.14. The van der Waals surface area contributed by atoms with Gasteiger partial charge in [-0.2, -0.15) is 0 Å². The van der Waals surface area contributed by atoms with Crippen LogP contribution in [0.5, 0.6) is 0 Å². The van der Waals surface area contributed by atoms with Crippen LogP contribution in [0.1, 0.15) is 22.6 Å². The SMILES string of the molecule is c1ccc(-c2cc(C3c4ccccc4-c4cc5sc6ccccc6c5cc43)cc(-c3ccccc3)n2)cc1. The van der Waals surface area contributed by atoms with Crippen molar-refractivity contribution < 1.29 is 0 Å². The van der Waals surface area contributed by atoms with E-state index < -0.39 is 0 Å². The number of nitrogens with zero attached hydrogens (tertiary/aromatic N) is 1. The fourth-order valence-corrected chi connectivity index (χ4v) is 7.14. The Hall–Kier alpha value is -4.53. The summed E-state index contributed by atoms with van der Waals surface area (Å²) in [7, 11) is 0. The van der Waals surface area contributed by atoms with Gasteiger partial charge < -0.3 is 0 Å². The lowest BCUT2D eigenvalue weighted by atomic mass is 9.87. The van der Waals surface area contributed by atoms with E-state index >= 15 is 0 Å². The number of aromatic nitrogens is 1. The minimum absolute atomic E-state index is 0.150. The molecular weight excluding hydrogens is 478 g/mol. The van der Waals surface area contributed by atoms with Gasteiger partial charge in [0.05, 0.1) is 11.4 Å². The third-order valence-corrected chi connectivity index (χ3v) is 8.88. The maximum absolute atomic E-state index is 5.14. The lowest BCUT2D eigenvalue weighted by Crippen LogP contribution is -2.02. The van der Waals surface area contributed by atoms with Gasteiger partial charge in [-0.25, -0.2) is 4.98 Å². The summed E-state index contributed by atoms with van der Waals surface area (Å²) < 4.78 is 2.70. The summed E-state index contributed by atoms with van der Waals surface area (Å²) in [5.74, 6) is 0.150. The number of benzene rings is 5. The molecule has 2 heteroatoms. The topological polar surface area (TPSA) is 12.9 Å². The van der Waals surface area contributed by atoms with Gasteiger partial charge in [-0.05, 0) is 58.1 Å². The number of hydrogen-bond acceptors (Lipinski definition) is 2. The standard InChI is InChI=1S/C36H23NS/c1-3-11-23(12-4-1)32-19-25(20-33(37-32)24-13-5-2-6-14-24)36-28-17-8-7-15-26(28)29-22-35-30(21-31(29)36)27-16-9-10-18-34(27)38-35/h1-22,36H. The van der Waals surface area contributed by atoms with E-state index in [1.54, 1.807) is 0 Å². The van der Waals surface area contributed by atoms with Gasteiger partial charge in [-0.1, -0.05) is 103 Å². The highest BCUT2D eigenvalue weighted by molar-refractivity contribution is 7.25. The van der Waals surface area contributed by atoms with Crippen molar-refractivity contribution in [1.29, 1.82) is 0 Å². The van der Waals surface area contributed by atoms with E-state index in [0.717, 1.165) is 22.5 Å². The summed E-state index contributed by atoms with van der Waals surface area (Å²) in [5.41, 5.74) is 11.0. The summed E-state index contributed by atoms with van der Waals surface area (Å²) in [6, 6.07) is 48.3. The molecule has 0 spiro atoms. The van der Waals surface area contributed by atoms with Crippen LogP contribution < -0.4 is 0 Å². The zero-order valence-corrected chi connectivity index (χ0v) is 21.5. The van der Waals surface area contributed by atoms with Crippen LogP contribution in [0.4, 0.5) is 0 Å². The van der Waals surface area contributed by atoms with Crippen molar-refractivity contribution in [2.75, 3.05) is 0 Å². The highest BCUT2D eigenvalue weighted by atomic mass is 32.1. The lowest BCUT2D eigenvalue weighted by molar-refractivity contribution is 1.01. The molecule has 178 valence electrons. The lowest BCUT2D eigenvalue weighted by Gasteiger charge is -2.18. The largest absolute Gasteiger partial charge is 0.248 e. The van der Waals surface area contributed by atoms with Gasteiger partial charge in [-0.15, -0.1) is 11.3 Å². The fraction of sp³-hybridized carbons (Fsp3) is 0.0278. The fourth-order valence-electron chi connectivity index (χ4n) is 6.01. The second kappa shape index (κ2) is 8.51. The van der Waals surface area contributed by atoms with Crippen molar-refractivity contribution in [2.45, 2.75) is 5.92 Å². The van der Waals surface area contributed by atoms with Crippen LogP contribution in [0.3, 0.4) is 0 Å².